The van der Waals surface area contributed by atoms with Crippen LogP contribution in [0.2, 0.25) is 0 Å². The smallest absolute Gasteiger partial charge is 0.266 e. The van der Waals surface area contributed by atoms with Crippen molar-refractivity contribution < 1.29 is 0 Å². The Morgan fingerprint density at radius 1 is 1.00 bits per heavy atom. The van der Waals surface area contributed by atoms with Gasteiger partial charge in [-0.2, -0.15) is 5.10 Å². The number of imidazole rings is 1. The standard InChI is InChI=1S/C19H28N6O/c1-16-5-6-19(26)25(21-16)13-12-22-8-10-23(11-9-22)15-18-20-14-17-4-2-3-7-24(17)18/h5-6,14H,2-4,7-13,15H2,1H3. The van der Waals surface area contributed by atoms with Crippen LogP contribution < -0.4 is 5.56 Å². The summed E-state index contributed by atoms with van der Waals surface area (Å²) < 4.78 is 4.00. The Balaban J connectivity index is 1.27. The third-order valence-electron chi connectivity index (χ3n) is 5.54. The van der Waals surface area contributed by atoms with Gasteiger partial charge in [-0.25, -0.2) is 9.67 Å². The molecule has 2 aliphatic rings. The van der Waals surface area contributed by atoms with Gasteiger partial charge in [0.05, 0.1) is 18.8 Å². The van der Waals surface area contributed by atoms with E-state index in [1.54, 1.807) is 16.8 Å². The zero-order valence-corrected chi connectivity index (χ0v) is 15.6. The van der Waals surface area contributed by atoms with Gasteiger partial charge in [0.1, 0.15) is 5.82 Å². The quantitative estimate of drug-likeness (QED) is 0.797. The maximum Gasteiger partial charge on any atom is 0.266 e. The number of nitrogens with zero attached hydrogens (tertiary/aromatic N) is 6. The summed E-state index contributed by atoms with van der Waals surface area (Å²) in [4.78, 5) is 21.4. The van der Waals surface area contributed by atoms with Crippen LogP contribution in [0.1, 0.15) is 30.1 Å². The molecule has 0 N–H and O–H groups in total. The van der Waals surface area contributed by atoms with Crippen molar-refractivity contribution in [3.63, 3.8) is 0 Å². The maximum atomic E-state index is 11.9. The molecule has 0 unspecified atom stereocenters. The van der Waals surface area contributed by atoms with Gasteiger partial charge in [0, 0.05) is 57.2 Å². The fraction of sp³-hybridized carbons (Fsp3) is 0.632. The zero-order chi connectivity index (χ0) is 17.9. The molecule has 0 aromatic carbocycles. The SMILES string of the molecule is Cc1ccc(=O)n(CCN2CCN(Cc3ncc4n3CCCC4)CC2)n1. The summed E-state index contributed by atoms with van der Waals surface area (Å²) in [5.74, 6) is 1.23. The first-order chi connectivity index (χ1) is 12.7. The van der Waals surface area contributed by atoms with E-state index in [0.717, 1.165) is 51.5 Å². The molecule has 7 nitrogen and oxygen atoms in total. The largest absolute Gasteiger partial charge is 0.331 e. The molecule has 140 valence electrons. The zero-order valence-electron chi connectivity index (χ0n) is 15.6. The van der Waals surface area contributed by atoms with Crippen LogP contribution >= 0.6 is 0 Å². The summed E-state index contributed by atoms with van der Waals surface area (Å²) in [6.45, 7) is 9.72. The highest BCUT2D eigenvalue weighted by atomic mass is 16.1. The van der Waals surface area contributed by atoms with Crippen molar-refractivity contribution >= 4 is 0 Å². The Labute approximate surface area is 154 Å². The first kappa shape index (κ1) is 17.4. The van der Waals surface area contributed by atoms with Crippen LogP contribution in [0, 0.1) is 6.92 Å². The van der Waals surface area contributed by atoms with Crippen molar-refractivity contribution in [3.8, 4) is 0 Å². The molecular weight excluding hydrogens is 328 g/mol. The van der Waals surface area contributed by atoms with E-state index in [1.807, 2.05) is 6.92 Å². The number of rotatable bonds is 5. The number of piperazine rings is 1. The molecule has 2 aromatic heterocycles. The van der Waals surface area contributed by atoms with E-state index < -0.39 is 0 Å². The van der Waals surface area contributed by atoms with E-state index in [9.17, 15) is 4.79 Å². The molecule has 0 bridgehead atoms. The van der Waals surface area contributed by atoms with E-state index in [0.29, 0.717) is 6.54 Å². The van der Waals surface area contributed by atoms with Gasteiger partial charge in [0.25, 0.3) is 5.56 Å². The molecule has 4 heterocycles. The lowest BCUT2D eigenvalue weighted by Crippen LogP contribution is -2.47. The second-order valence-electron chi connectivity index (χ2n) is 7.43. The van der Waals surface area contributed by atoms with Gasteiger partial charge in [-0.15, -0.1) is 0 Å². The summed E-state index contributed by atoms with van der Waals surface area (Å²) in [5.41, 5.74) is 2.27. The second kappa shape index (κ2) is 7.72. The minimum atomic E-state index is -0.0154. The number of hydrogen-bond donors (Lipinski definition) is 0. The lowest BCUT2D eigenvalue weighted by molar-refractivity contribution is 0.119. The van der Waals surface area contributed by atoms with Gasteiger partial charge in [-0.3, -0.25) is 14.6 Å². The average Bonchev–Trinajstić information content (AvgIpc) is 3.07. The normalized spacial score (nSPS) is 18.8. The van der Waals surface area contributed by atoms with Crippen molar-refractivity contribution in [3.05, 3.63) is 45.9 Å². The Morgan fingerprint density at radius 2 is 1.81 bits per heavy atom. The van der Waals surface area contributed by atoms with Gasteiger partial charge in [-0.05, 0) is 32.3 Å². The topological polar surface area (TPSA) is 59.2 Å². The van der Waals surface area contributed by atoms with E-state index >= 15 is 0 Å². The van der Waals surface area contributed by atoms with E-state index in [-0.39, 0.29) is 5.56 Å². The van der Waals surface area contributed by atoms with Gasteiger partial charge >= 0.3 is 0 Å². The number of fused-ring (bicyclic) bond motifs is 1. The molecular formula is C19H28N6O. The molecule has 1 saturated heterocycles. The molecule has 7 heteroatoms. The van der Waals surface area contributed by atoms with Crippen LogP contribution in [-0.2, 0) is 26.1 Å². The van der Waals surface area contributed by atoms with Crippen molar-refractivity contribution in [2.45, 2.75) is 45.8 Å². The molecule has 2 aliphatic heterocycles. The van der Waals surface area contributed by atoms with Gasteiger partial charge in [0.2, 0.25) is 0 Å². The lowest BCUT2D eigenvalue weighted by atomic mass is 10.1. The molecule has 0 atom stereocenters. The average molecular weight is 356 g/mol. The Bertz CT molecular complexity index is 803. The van der Waals surface area contributed by atoms with Crippen molar-refractivity contribution in [1.82, 2.24) is 29.1 Å². The highest BCUT2D eigenvalue weighted by Crippen LogP contribution is 2.18. The monoisotopic (exact) mass is 356 g/mol. The summed E-state index contributed by atoms with van der Waals surface area (Å²) >= 11 is 0. The first-order valence-electron chi connectivity index (χ1n) is 9.72. The highest BCUT2D eigenvalue weighted by Gasteiger charge is 2.20. The van der Waals surface area contributed by atoms with Crippen LogP contribution in [0.15, 0.2) is 23.1 Å². The molecule has 0 spiro atoms. The Hall–Kier alpha value is -1.99. The van der Waals surface area contributed by atoms with Gasteiger partial charge < -0.3 is 4.57 Å². The molecule has 1 fully saturated rings. The fourth-order valence-corrected chi connectivity index (χ4v) is 3.95. The number of hydrogen-bond acceptors (Lipinski definition) is 5. The van der Waals surface area contributed by atoms with Crippen LogP contribution in [0.4, 0.5) is 0 Å². The first-order valence-corrected chi connectivity index (χ1v) is 9.72. The molecule has 0 aliphatic carbocycles. The van der Waals surface area contributed by atoms with Crippen LogP contribution in [0.25, 0.3) is 0 Å². The number of aryl methyl sites for hydroxylation is 2. The maximum absolute atomic E-state index is 11.9. The molecule has 0 saturated carbocycles. The second-order valence-corrected chi connectivity index (χ2v) is 7.43. The highest BCUT2D eigenvalue weighted by molar-refractivity contribution is 5.08. The fourth-order valence-electron chi connectivity index (χ4n) is 3.95. The van der Waals surface area contributed by atoms with E-state index in [2.05, 4.69) is 30.6 Å². The van der Waals surface area contributed by atoms with Crippen molar-refractivity contribution in [2.24, 2.45) is 0 Å². The minimum Gasteiger partial charge on any atom is -0.331 e. The Kier molecular flexibility index (Phi) is 5.17. The van der Waals surface area contributed by atoms with Gasteiger partial charge in [-0.1, -0.05) is 0 Å². The summed E-state index contributed by atoms with van der Waals surface area (Å²) in [7, 11) is 0. The minimum absolute atomic E-state index is 0.0154. The lowest BCUT2D eigenvalue weighted by Gasteiger charge is -2.34. The van der Waals surface area contributed by atoms with Crippen LogP contribution in [-0.4, -0.2) is 61.9 Å². The van der Waals surface area contributed by atoms with Crippen molar-refractivity contribution in [1.29, 1.82) is 0 Å². The predicted molar refractivity (Wildman–Crippen MR) is 100 cm³/mol. The Morgan fingerprint density at radius 3 is 2.65 bits per heavy atom. The molecule has 0 radical (unpaired) electrons. The summed E-state index contributed by atoms with van der Waals surface area (Å²) in [5, 5.41) is 4.32. The summed E-state index contributed by atoms with van der Waals surface area (Å²) in [6.07, 6.45) is 5.81. The molecule has 26 heavy (non-hydrogen) atoms. The molecule has 4 rings (SSSR count). The van der Waals surface area contributed by atoms with E-state index in [1.165, 1.54) is 30.8 Å². The molecule has 0 amide bonds. The third-order valence-corrected chi connectivity index (χ3v) is 5.54. The molecule has 2 aromatic rings. The predicted octanol–water partition coefficient (Wildman–Crippen LogP) is 0.902. The van der Waals surface area contributed by atoms with Crippen molar-refractivity contribution in [2.75, 3.05) is 32.7 Å². The third kappa shape index (κ3) is 3.88. The number of aromatic nitrogens is 4. The van der Waals surface area contributed by atoms with Gasteiger partial charge in [0.15, 0.2) is 0 Å². The van der Waals surface area contributed by atoms with Crippen LogP contribution in [0.3, 0.4) is 0 Å². The van der Waals surface area contributed by atoms with Crippen LogP contribution in [0.5, 0.6) is 0 Å². The van der Waals surface area contributed by atoms with E-state index in [4.69, 9.17) is 0 Å². The summed E-state index contributed by atoms with van der Waals surface area (Å²) in [6, 6.07) is 3.37.